The molecule has 0 aliphatic heterocycles. The lowest BCUT2D eigenvalue weighted by Crippen LogP contribution is -2.25. The first-order chi connectivity index (χ1) is 14.3. The van der Waals surface area contributed by atoms with Crippen molar-refractivity contribution >= 4 is 21.6 Å². The van der Waals surface area contributed by atoms with Gasteiger partial charge in [-0.2, -0.15) is 0 Å². The quantitative estimate of drug-likeness (QED) is 0.423. The second kappa shape index (κ2) is 7.57. The van der Waals surface area contributed by atoms with Crippen LogP contribution in [-0.2, 0) is 19.6 Å². The van der Waals surface area contributed by atoms with E-state index >= 15 is 0 Å². The van der Waals surface area contributed by atoms with Gasteiger partial charge in [0.25, 0.3) is 5.56 Å². The van der Waals surface area contributed by atoms with Crippen molar-refractivity contribution in [2.75, 3.05) is 0 Å². The number of nitrogens with zero attached hydrogens (tertiary/aromatic N) is 2. The molecule has 0 aliphatic carbocycles. The Labute approximate surface area is 169 Å². The minimum Gasteiger partial charge on any atom is -0.468 e. The van der Waals surface area contributed by atoms with Crippen LogP contribution in [0.25, 0.3) is 21.5 Å². The molecular weight excluding hydrogens is 390 g/mol. The van der Waals surface area contributed by atoms with Crippen LogP contribution >= 0.6 is 11.3 Å². The van der Waals surface area contributed by atoms with E-state index in [0.717, 1.165) is 17.1 Å². The number of thiophene rings is 1. The maximum atomic E-state index is 12.8. The molecule has 1 N–H and O–H groups in total. The van der Waals surface area contributed by atoms with Gasteiger partial charge in [0.15, 0.2) is 0 Å². The molecule has 5 aromatic rings. The lowest BCUT2D eigenvalue weighted by atomic mass is 10.2. The first-order valence-electron chi connectivity index (χ1n) is 9.07. The molecule has 7 nitrogen and oxygen atoms in total. The topological polar surface area (TPSA) is 88.4 Å². The molecule has 8 heteroatoms. The highest BCUT2D eigenvalue weighted by atomic mass is 32.1. The predicted molar refractivity (Wildman–Crippen MR) is 108 cm³/mol. The molecule has 0 fully saturated rings. The molecule has 5 heterocycles. The lowest BCUT2D eigenvalue weighted by Gasteiger charge is -2.19. The van der Waals surface area contributed by atoms with Gasteiger partial charge in [0.2, 0.25) is 0 Å². The number of H-pyrrole nitrogens is 1. The Morgan fingerprint density at radius 1 is 0.931 bits per heavy atom. The first-order valence-corrected chi connectivity index (χ1v) is 9.95. The van der Waals surface area contributed by atoms with Gasteiger partial charge in [-0.1, -0.05) is 0 Å². The molecule has 29 heavy (non-hydrogen) atoms. The standard InChI is InChI=1S/C21H17N3O4S/c25-20-19-16(17-6-3-9-28-17)13-29-21(19)23-18(22-20)12-24(10-14-4-1-7-26-14)11-15-5-2-8-27-15/h1-9,13H,10-12H2,(H,22,23,25). The number of furan rings is 3. The second-order valence-electron chi connectivity index (χ2n) is 6.62. The van der Waals surface area contributed by atoms with E-state index in [2.05, 4.69) is 14.9 Å². The number of hydrogen-bond acceptors (Lipinski definition) is 7. The number of aromatic nitrogens is 2. The van der Waals surface area contributed by atoms with E-state index in [1.807, 2.05) is 35.7 Å². The highest BCUT2D eigenvalue weighted by Crippen LogP contribution is 2.31. The average Bonchev–Trinajstić information content (AvgIpc) is 3.49. The van der Waals surface area contributed by atoms with Gasteiger partial charge in [-0.25, -0.2) is 4.98 Å². The van der Waals surface area contributed by atoms with Gasteiger partial charge in [-0.15, -0.1) is 11.3 Å². The number of aromatic amines is 1. The van der Waals surface area contributed by atoms with E-state index in [1.54, 1.807) is 24.9 Å². The highest BCUT2D eigenvalue weighted by Gasteiger charge is 2.17. The van der Waals surface area contributed by atoms with Crippen LogP contribution in [0.15, 0.2) is 78.6 Å². The van der Waals surface area contributed by atoms with Gasteiger partial charge in [-0.05, 0) is 36.4 Å². The van der Waals surface area contributed by atoms with Crippen LogP contribution in [0.4, 0.5) is 0 Å². The summed E-state index contributed by atoms with van der Waals surface area (Å²) in [6, 6.07) is 11.2. The van der Waals surface area contributed by atoms with Gasteiger partial charge in [0, 0.05) is 10.9 Å². The van der Waals surface area contributed by atoms with Gasteiger partial charge in [0.1, 0.15) is 27.9 Å². The molecule has 0 spiro atoms. The monoisotopic (exact) mass is 407 g/mol. The smallest absolute Gasteiger partial charge is 0.260 e. The van der Waals surface area contributed by atoms with E-state index in [0.29, 0.717) is 41.4 Å². The van der Waals surface area contributed by atoms with Crippen LogP contribution in [0.3, 0.4) is 0 Å². The highest BCUT2D eigenvalue weighted by molar-refractivity contribution is 7.17. The summed E-state index contributed by atoms with van der Waals surface area (Å²) in [6.07, 6.45) is 4.89. The second-order valence-corrected chi connectivity index (χ2v) is 7.48. The fraction of sp³-hybridized carbons (Fsp3) is 0.143. The van der Waals surface area contributed by atoms with E-state index < -0.39 is 0 Å². The zero-order valence-electron chi connectivity index (χ0n) is 15.3. The van der Waals surface area contributed by atoms with Crippen LogP contribution in [0.2, 0.25) is 0 Å². The van der Waals surface area contributed by atoms with Crippen LogP contribution in [0.1, 0.15) is 17.3 Å². The fourth-order valence-electron chi connectivity index (χ4n) is 3.31. The fourth-order valence-corrected chi connectivity index (χ4v) is 4.25. The zero-order chi connectivity index (χ0) is 19.6. The van der Waals surface area contributed by atoms with Crippen molar-refractivity contribution in [1.82, 2.24) is 14.9 Å². The Bertz CT molecular complexity index is 1220. The SMILES string of the molecule is O=c1[nH]c(CN(Cc2ccco2)Cc2ccco2)nc2scc(-c3ccco3)c12. The third-order valence-corrected chi connectivity index (χ3v) is 5.44. The van der Waals surface area contributed by atoms with Crippen LogP contribution < -0.4 is 5.56 Å². The minimum absolute atomic E-state index is 0.173. The van der Waals surface area contributed by atoms with Crippen molar-refractivity contribution < 1.29 is 13.3 Å². The summed E-state index contributed by atoms with van der Waals surface area (Å²) in [4.78, 5) is 23.2. The molecule has 0 saturated heterocycles. The summed E-state index contributed by atoms with van der Waals surface area (Å²) in [5, 5.41) is 2.45. The van der Waals surface area contributed by atoms with Crippen molar-refractivity contribution in [2.24, 2.45) is 0 Å². The van der Waals surface area contributed by atoms with Crippen LogP contribution in [-0.4, -0.2) is 14.9 Å². The van der Waals surface area contributed by atoms with Crippen LogP contribution in [0, 0.1) is 0 Å². The Morgan fingerprint density at radius 3 is 2.24 bits per heavy atom. The summed E-state index contributed by atoms with van der Waals surface area (Å²) in [7, 11) is 0. The molecule has 5 rings (SSSR count). The van der Waals surface area contributed by atoms with Crippen molar-refractivity contribution in [3.8, 4) is 11.3 Å². The summed E-state index contributed by atoms with van der Waals surface area (Å²) in [5.41, 5.74) is 0.590. The van der Waals surface area contributed by atoms with Gasteiger partial charge < -0.3 is 18.2 Å². The normalized spacial score (nSPS) is 11.6. The number of nitrogens with one attached hydrogen (secondary N) is 1. The molecule has 0 bridgehead atoms. The Balaban J connectivity index is 1.46. The minimum atomic E-state index is -0.173. The van der Waals surface area contributed by atoms with E-state index in [-0.39, 0.29) is 5.56 Å². The summed E-state index contributed by atoms with van der Waals surface area (Å²) >= 11 is 1.43. The molecule has 146 valence electrons. The van der Waals surface area contributed by atoms with Gasteiger partial charge in [0.05, 0.1) is 43.8 Å². The molecule has 0 aliphatic rings. The Hall–Kier alpha value is -3.36. The predicted octanol–water partition coefficient (Wildman–Crippen LogP) is 4.63. The lowest BCUT2D eigenvalue weighted by molar-refractivity contribution is 0.205. The first kappa shape index (κ1) is 17.7. The molecule has 0 unspecified atom stereocenters. The maximum absolute atomic E-state index is 12.8. The van der Waals surface area contributed by atoms with E-state index in [9.17, 15) is 4.79 Å². The largest absolute Gasteiger partial charge is 0.468 e. The van der Waals surface area contributed by atoms with Gasteiger partial charge >= 0.3 is 0 Å². The number of hydrogen-bond donors (Lipinski definition) is 1. The molecule has 0 atom stereocenters. The zero-order valence-corrected chi connectivity index (χ0v) is 16.1. The average molecular weight is 407 g/mol. The van der Waals surface area contributed by atoms with Crippen molar-refractivity contribution in [1.29, 1.82) is 0 Å². The summed E-state index contributed by atoms with van der Waals surface area (Å²) in [6.45, 7) is 1.58. The van der Waals surface area contributed by atoms with Gasteiger partial charge in [-0.3, -0.25) is 9.69 Å². The molecule has 0 aromatic carbocycles. The van der Waals surface area contributed by atoms with Crippen LogP contribution in [0.5, 0.6) is 0 Å². The summed E-state index contributed by atoms with van der Waals surface area (Å²) in [5.74, 6) is 2.91. The molecule has 0 saturated carbocycles. The Morgan fingerprint density at radius 2 is 1.62 bits per heavy atom. The van der Waals surface area contributed by atoms with E-state index in [4.69, 9.17) is 13.3 Å². The summed E-state index contributed by atoms with van der Waals surface area (Å²) < 4.78 is 16.4. The molecule has 5 aromatic heterocycles. The number of rotatable bonds is 7. The third kappa shape index (κ3) is 3.67. The maximum Gasteiger partial charge on any atom is 0.260 e. The number of fused-ring (bicyclic) bond motifs is 1. The Kier molecular flexibility index (Phi) is 4.63. The van der Waals surface area contributed by atoms with Crippen molar-refractivity contribution in [3.05, 3.63) is 88.3 Å². The molecule has 0 amide bonds. The molecule has 0 radical (unpaired) electrons. The van der Waals surface area contributed by atoms with Crippen molar-refractivity contribution in [3.63, 3.8) is 0 Å². The van der Waals surface area contributed by atoms with Crippen molar-refractivity contribution in [2.45, 2.75) is 19.6 Å². The third-order valence-electron chi connectivity index (χ3n) is 4.57. The molecular formula is C21H17N3O4S. The van der Waals surface area contributed by atoms with E-state index in [1.165, 1.54) is 11.3 Å².